The Morgan fingerprint density at radius 3 is 2.56 bits per heavy atom. The number of rotatable bonds is 7. The Hall–Kier alpha value is -2.08. The maximum atomic E-state index is 6.06. The zero-order valence-electron chi connectivity index (χ0n) is 15.1. The standard InChI is InChI=1S/C19H27N3O3/c1-23-15-7-6-14(10-16(15)24-2)11-17-21-18(25-22-17)12-19(13-20)8-4-3-5-9-19/h6-7,10H,3-5,8-9,11-13,20H2,1-2H3. The van der Waals surface area contributed by atoms with Crippen LogP contribution in [0.4, 0.5) is 0 Å². The first kappa shape index (κ1) is 17.7. The van der Waals surface area contributed by atoms with Gasteiger partial charge in [-0.25, -0.2) is 0 Å². The molecule has 1 aromatic carbocycles. The number of ether oxygens (including phenoxy) is 2. The molecule has 1 saturated carbocycles. The normalized spacial score (nSPS) is 16.6. The molecular formula is C19H27N3O3. The number of aromatic nitrogens is 2. The maximum Gasteiger partial charge on any atom is 0.227 e. The van der Waals surface area contributed by atoms with E-state index in [9.17, 15) is 0 Å². The van der Waals surface area contributed by atoms with Crippen LogP contribution < -0.4 is 15.2 Å². The molecule has 1 fully saturated rings. The first-order chi connectivity index (χ1) is 12.2. The number of hydrogen-bond donors (Lipinski definition) is 1. The minimum Gasteiger partial charge on any atom is -0.493 e. The van der Waals surface area contributed by atoms with Crippen molar-refractivity contribution in [1.29, 1.82) is 0 Å². The molecule has 0 saturated heterocycles. The van der Waals surface area contributed by atoms with Gasteiger partial charge in [-0.2, -0.15) is 4.98 Å². The Morgan fingerprint density at radius 2 is 1.88 bits per heavy atom. The van der Waals surface area contributed by atoms with E-state index in [-0.39, 0.29) is 5.41 Å². The van der Waals surface area contributed by atoms with E-state index in [4.69, 9.17) is 19.7 Å². The van der Waals surface area contributed by atoms with Crippen LogP contribution in [0.1, 0.15) is 49.4 Å². The number of methoxy groups -OCH3 is 2. The quantitative estimate of drug-likeness (QED) is 0.830. The molecule has 1 aliphatic rings. The number of hydrogen-bond acceptors (Lipinski definition) is 6. The summed E-state index contributed by atoms with van der Waals surface area (Å²) in [4.78, 5) is 4.59. The predicted molar refractivity (Wildman–Crippen MR) is 94.9 cm³/mol. The van der Waals surface area contributed by atoms with E-state index in [0.29, 0.717) is 36.2 Å². The van der Waals surface area contributed by atoms with Gasteiger partial charge < -0.3 is 19.7 Å². The van der Waals surface area contributed by atoms with Gasteiger partial charge >= 0.3 is 0 Å². The van der Waals surface area contributed by atoms with Crippen molar-refractivity contribution in [2.75, 3.05) is 20.8 Å². The molecule has 2 N–H and O–H groups in total. The summed E-state index contributed by atoms with van der Waals surface area (Å²) in [5, 5.41) is 4.14. The van der Waals surface area contributed by atoms with Gasteiger partial charge in [0, 0.05) is 12.8 Å². The van der Waals surface area contributed by atoms with Crippen molar-refractivity contribution in [2.24, 2.45) is 11.1 Å². The smallest absolute Gasteiger partial charge is 0.227 e. The van der Waals surface area contributed by atoms with Crippen LogP contribution in [0, 0.1) is 5.41 Å². The Morgan fingerprint density at radius 1 is 1.12 bits per heavy atom. The molecule has 2 aromatic rings. The van der Waals surface area contributed by atoms with E-state index in [0.717, 1.165) is 24.8 Å². The van der Waals surface area contributed by atoms with Crippen LogP contribution >= 0.6 is 0 Å². The minimum atomic E-state index is 0.130. The van der Waals surface area contributed by atoms with Crippen molar-refractivity contribution in [1.82, 2.24) is 10.1 Å². The lowest BCUT2D eigenvalue weighted by atomic mass is 9.72. The number of benzene rings is 1. The van der Waals surface area contributed by atoms with Crippen LogP contribution in [0.3, 0.4) is 0 Å². The Kier molecular flexibility index (Phi) is 5.58. The van der Waals surface area contributed by atoms with Crippen LogP contribution in [-0.4, -0.2) is 30.9 Å². The fourth-order valence-corrected chi connectivity index (χ4v) is 3.68. The van der Waals surface area contributed by atoms with E-state index in [2.05, 4.69) is 10.1 Å². The van der Waals surface area contributed by atoms with Gasteiger partial charge in [-0.1, -0.05) is 30.5 Å². The van der Waals surface area contributed by atoms with Gasteiger partial charge in [0.2, 0.25) is 5.89 Å². The lowest BCUT2D eigenvalue weighted by molar-refractivity contribution is 0.177. The average Bonchev–Trinajstić information content (AvgIpc) is 3.08. The molecule has 0 radical (unpaired) electrons. The number of nitrogens with two attached hydrogens (primary N) is 1. The lowest BCUT2D eigenvalue weighted by Crippen LogP contribution is -2.35. The van der Waals surface area contributed by atoms with Gasteiger partial charge in [0.25, 0.3) is 0 Å². The summed E-state index contributed by atoms with van der Waals surface area (Å²) in [5.41, 5.74) is 7.24. The molecule has 136 valence electrons. The molecule has 1 heterocycles. The van der Waals surface area contributed by atoms with Crippen molar-refractivity contribution >= 4 is 0 Å². The van der Waals surface area contributed by atoms with E-state index in [1.54, 1.807) is 14.2 Å². The summed E-state index contributed by atoms with van der Waals surface area (Å²) in [6.45, 7) is 0.681. The molecular weight excluding hydrogens is 318 g/mol. The van der Waals surface area contributed by atoms with Crippen molar-refractivity contribution < 1.29 is 14.0 Å². The third-order valence-corrected chi connectivity index (χ3v) is 5.19. The molecule has 0 amide bonds. The summed E-state index contributed by atoms with van der Waals surface area (Å²) >= 11 is 0. The van der Waals surface area contributed by atoms with E-state index in [1.165, 1.54) is 19.3 Å². The third kappa shape index (κ3) is 4.12. The van der Waals surface area contributed by atoms with Crippen molar-refractivity contribution in [2.45, 2.75) is 44.9 Å². The van der Waals surface area contributed by atoms with Gasteiger partial charge in [0.1, 0.15) is 0 Å². The van der Waals surface area contributed by atoms with Crippen molar-refractivity contribution in [3.05, 3.63) is 35.5 Å². The monoisotopic (exact) mass is 345 g/mol. The second-order valence-electron chi connectivity index (χ2n) is 6.91. The molecule has 0 aliphatic heterocycles. The van der Waals surface area contributed by atoms with Crippen LogP contribution in [0.15, 0.2) is 22.7 Å². The Bertz CT molecular complexity index is 693. The molecule has 0 unspecified atom stereocenters. The SMILES string of the molecule is COc1ccc(Cc2noc(CC3(CN)CCCCC3)n2)cc1OC. The third-order valence-electron chi connectivity index (χ3n) is 5.19. The molecule has 6 heteroatoms. The van der Waals surface area contributed by atoms with E-state index >= 15 is 0 Å². The highest BCUT2D eigenvalue weighted by Gasteiger charge is 2.32. The largest absolute Gasteiger partial charge is 0.493 e. The highest BCUT2D eigenvalue weighted by atomic mass is 16.5. The van der Waals surface area contributed by atoms with Crippen molar-refractivity contribution in [3.8, 4) is 11.5 Å². The second-order valence-corrected chi connectivity index (χ2v) is 6.91. The first-order valence-corrected chi connectivity index (χ1v) is 8.90. The van der Waals surface area contributed by atoms with Crippen LogP contribution in [0.5, 0.6) is 11.5 Å². The summed E-state index contributed by atoms with van der Waals surface area (Å²) < 4.78 is 16.1. The van der Waals surface area contributed by atoms with E-state index in [1.807, 2.05) is 18.2 Å². The summed E-state index contributed by atoms with van der Waals surface area (Å²) in [6, 6.07) is 5.82. The summed E-state index contributed by atoms with van der Waals surface area (Å²) in [5.74, 6) is 2.79. The predicted octanol–water partition coefficient (Wildman–Crippen LogP) is 3.13. The minimum absolute atomic E-state index is 0.130. The molecule has 3 rings (SSSR count). The highest BCUT2D eigenvalue weighted by Crippen LogP contribution is 2.38. The van der Waals surface area contributed by atoms with Crippen LogP contribution in [0.2, 0.25) is 0 Å². The highest BCUT2D eigenvalue weighted by molar-refractivity contribution is 5.43. The van der Waals surface area contributed by atoms with Gasteiger partial charge in [0.15, 0.2) is 17.3 Å². The summed E-state index contributed by atoms with van der Waals surface area (Å²) in [7, 11) is 3.26. The maximum absolute atomic E-state index is 6.06. The van der Waals surface area contributed by atoms with Crippen LogP contribution in [-0.2, 0) is 12.8 Å². The number of nitrogens with zero attached hydrogens (tertiary/aromatic N) is 2. The molecule has 1 aliphatic carbocycles. The summed E-state index contributed by atoms with van der Waals surface area (Å²) in [6.07, 6.45) is 7.46. The average molecular weight is 345 g/mol. The van der Waals surface area contributed by atoms with Gasteiger partial charge in [-0.15, -0.1) is 0 Å². The second kappa shape index (κ2) is 7.87. The van der Waals surface area contributed by atoms with E-state index < -0.39 is 0 Å². The van der Waals surface area contributed by atoms with Gasteiger partial charge in [-0.3, -0.25) is 0 Å². The van der Waals surface area contributed by atoms with Crippen LogP contribution in [0.25, 0.3) is 0 Å². The molecule has 0 spiro atoms. The Labute approximate surface area is 148 Å². The van der Waals surface area contributed by atoms with Gasteiger partial charge in [0.05, 0.1) is 14.2 Å². The zero-order valence-corrected chi connectivity index (χ0v) is 15.1. The molecule has 0 bridgehead atoms. The molecule has 0 atom stereocenters. The molecule has 25 heavy (non-hydrogen) atoms. The van der Waals surface area contributed by atoms with Gasteiger partial charge in [-0.05, 0) is 42.5 Å². The Balaban J connectivity index is 1.69. The molecule has 6 nitrogen and oxygen atoms in total. The zero-order chi connectivity index (χ0) is 17.7. The van der Waals surface area contributed by atoms with Crippen molar-refractivity contribution in [3.63, 3.8) is 0 Å². The first-order valence-electron chi connectivity index (χ1n) is 8.90. The lowest BCUT2D eigenvalue weighted by Gasteiger charge is -2.34. The topological polar surface area (TPSA) is 83.4 Å². The fourth-order valence-electron chi connectivity index (χ4n) is 3.68. The molecule has 1 aromatic heterocycles. The fraction of sp³-hybridized carbons (Fsp3) is 0.579.